The molecule has 1 amide bonds. The number of nitrogens with zero attached hydrogens (tertiary/aromatic N) is 4. The molecular weight excluding hydrogens is 300 g/mol. The SMILES string of the molecule is Cc1cc(C2CC2)cnc1N1CCN(C(=O)c2cccnc2)CC1. The molecule has 24 heavy (non-hydrogen) atoms. The van der Waals surface area contributed by atoms with Crippen LogP contribution < -0.4 is 4.90 Å². The van der Waals surface area contributed by atoms with E-state index in [9.17, 15) is 4.79 Å². The molecule has 1 saturated carbocycles. The highest BCUT2D eigenvalue weighted by atomic mass is 16.2. The zero-order chi connectivity index (χ0) is 16.5. The van der Waals surface area contributed by atoms with Gasteiger partial charge in [-0.3, -0.25) is 9.78 Å². The molecule has 1 saturated heterocycles. The minimum Gasteiger partial charge on any atom is -0.353 e. The summed E-state index contributed by atoms with van der Waals surface area (Å²) < 4.78 is 0. The number of hydrogen-bond donors (Lipinski definition) is 0. The van der Waals surface area contributed by atoms with E-state index in [1.54, 1.807) is 18.5 Å². The van der Waals surface area contributed by atoms with Crippen molar-refractivity contribution in [3.8, 4) is 0 Å². The van der Waals surface area contributed by atoms with Gasteiger partial charge in [-0.05, 0) is 48.9 Å². The van der Waals surface area contributed by atoms with Gasteiger partial charge in [0.05, 0.1) is 5.56 Å². The van der Waals surface area contributed by atoms with Gasteiger partial charge in [-0.15, -0.1) is 0 Å². The standard InChI is InChI=1S/C19H22N4O/c1-14-11-17(15-4-5-15)13-21-18(14)22-7-9-23(10-8-22)19(24)16-3-2-6-20-12-16/h2-3,6,11-13,15H,4-5,7-10H2,1H3. The van der Waals surface area contributed by atoms with Gasteiger partial charge in [0.2, 0.25) is 0 Å². The molecular formula is C19H22N4O. The predicted octanol–water partition coefficient (Wildman–Crippen LogP) is 2.62. The maximum absolute atomic E-state index is 12.5. The maximum atomic E-state index is 12.5. The Morgan fingerprint density at radius 1 is 1.17 bits per heavy atom. The summed E-state index contributed by atoms with van der Waals surface area (Å²) in [5.74, 6) is 1.86. The molecule has 0 spiro atoms. The van der Waals surface area contributed by atoms with Gasteiger partial charge in [0.25, 0.3) is 5.91 Å². The van der Waals surface area contributed by atoms with Crippen LogP contribution in [0.3, 0.4) is 0 Å². The molecule has 5 heteroatoms. The van der Waals surface area contributed by atoms with Crippen molar-refractivity contribution < 1.29 is 4.79 Å². The number of piperazine rings is 1. The highest BCUT2D eigenvalue weighted by Gasteiger charge is 2.26. The molecule has 1 aliphatic heterocycles. The minimum atomic E-state index is 0.0662. The van der Waals surface area contributed by atoms with E-state index in [0.29, 0.717) is 5.56 Å². The number of anilines is 1. The number of amides is 1. The second-order valence-corrected chi connectivity index (χ2v) is 6.70. The van der Waals surface area contributed by atoms with E-state index >= 15 is 0 Å². The Morgan fingerprint density at radius 3 is 2.58 bits per heavy atom. The first kappa shape index (κ1) is 15.1. The number of aryl methyl sites for hydroxylation is 1. The van der Waals surface area contributed by atoms with Crippen molar-refractivity contribution in [2.75, 3.05) is 31.1 Å². The second-order valence-electron chi connectivity index (χ2n) is 6.70. The first-order chi connectivity index (χ1) is 11.7. The Kier molecular flexibility index (Phi) is 3.92. The Bertz CT molecular complexity index is 734. The summed E-state index contributed by atoms with van der Waals surface area (Å²) in [6.45, 7) is 5.23. The zero-order valence-electron chi connectivity index (χ0n) is 14.0. The van der Waals surface area contributed by atoms with E-state index in [-0.39, 0.29) is 5.91 Å². The molecule has 2 aromatic rings. The fourth-order valence-electron chi connectivity index (χ4n) is 3.35. The van der Waals surface area contributed by atoms with Crippen molar-refractivity contribution in [1.82, 2.24) is 14.9 Å². The summed E-state index contributed by atoms with van der Waals surface area (Å²) >= 11 is 0. The van der Waals surface area contributed by atoms with Crippen molar-refractivity contribution in [2.45, 2.75) is 25.7 Å². The number of hydrogen-bond acceptors (Lipinski definition) is 4. The Labute approximate surface area is 142 Å². The van der Waals surface area contributed by atoms with Crippen molar-refractivity contribution in [3.63, 3.8) is 0 Å². The van der Waals surface area contributed by atoms with E-state index in [1.807, 2.05) is 17.2 Å². The van der Waals surface area contributed by atoms with Crippen LogP contribution in [0.25, 0.3) is 0 Å². The Hall–Kier alpha value is -2.43. The predicted molar refractivity (Wildman–Crippen MR) is 93.3 cm³/mol. The van der Waals surface area contributed by atoms with Gasteiger partial charge < -0.3 is 9.80 Å². The number of rotatable bonds is 3. The molecule has 0 atom stereocenters. The van der Waals surface area contributed by atoms with Crippen molar-refractivity contribution in [2.24, 2.45) is 0 Å². The summed E-state index contributed by atoms with van der Waals surface area (Å²) in [6.07, 6.45) is 7.96. The summed E-state index contributed by atoms with van der Waals surface area (Å²) in [4.78, 5) is 25.4. The quantitative estimate of drug-likeness (QED) is 0.871. The third-order valence-electron chi connectivity index (χ3n) is 4.90. The maximum Gasteiger partial charge on any atom is 0.255 e. The zero-order valence-corrected chi connectivity index (χ0v) is 14.0. The molecule has 2 aliphatic rings. The fraction of sp³-hybridized carbons (Fsp3) is 0.421. The monoisotopic (exact) mass is 322 g/mol. The van der Waals surface area contributed by atoms with E-state index in [1.165, 1.54) is 24.0 Å². The second kappa shape index (κ2) is 6.23. The van der Waals surface area contributed by atoms with Crippen molar-refractivity contribution >= 4 is 11.7 Å². The summed E-state index contributed by atoms with van der Waals surface area (Å²) in [5.41, 5.74) is 3.28. The molecule has 0 unspecified atom stereocenters. The van der Waals surface area contributed by atoms with E-state index in [0.717, 1.165) is 37.9 Å². The van der Waals surface area contributed by atoms with Crippen LogP contribution in [0.1, 0.15) is 40.2 Å². The van der Waals surface area contributed by atoms with Gasteiger partial charge in [0.1, 0.15) is 5.82 Å². The summed E-state index contributed by atoms with van der Waals surface area (Å²) in [6, 6.07) is 5.91. The van der Waals surface area contributed by atoms with Gasteiger partial charge in [-0.2, -0.15) is 0 Å². The van der Waals surface area contributed by atoms with Crippen molar-refractivity contribution in [1.29, 1.82) is 0 Å². The van der Waals surface area contributed by atoms with E-state index < -0.39 is 0 Å². The minimum absolute atomic E-state index is 0.0662. The van der Waals surface area contributed by atoms with Gasteiger partial charge in [0, 0.05) is 44.8 Å². The number of pyridine rings is 2. The molecule has 0 radical (unpaired) electrons. The van der Waals surface area contributed by atoms with Crippen LogP contribution in [0.4, 0.5) is 5.82 Å². The van der Waals surface area contributed by atoms with Crippen molar-refractivity contribution in [3.05, 3.63) is 53.5 Å². The van der Waals surface area contributed by atoms with Gasteiger partial charge in [-0.25, -0.2) is 4.98 Å². The van der Waals surface area contributed by atoms with Crippen LogP contribution in [0.15, 0.2) is 36.8 Å². The van der Waals surface area contributed by atoms with Crippen LogP contribution in [0, 0.1) is 6.92 Å². The Balaban J connectivity index is 1.42. The number of carbonyl (C=O) groups is 1. The highest BCUT2D eigenvalue weighted by Crippen LogP contribution is 2.40. The molecule has 0 bridgehead atoms. The summed E-state index contributed by atoms with van der Waals surface area (Å²) in [7, 11) is 0. The van der Waals surface area contributed by atoms with Crippen LogP contribution >= 0.6 is 0 Å². The average molecular weight is 322 g/mol. The molecule has 0 N–H and O–H groups in total. The molecule has 2 fully saturated rings. The Morgan fingerprint density at radius 2 is 1.96 bits per heavy atom. The average Bonchev–Trinajstić information content (AvgIpc) is 3.47. The fourth-order valence-corrected chi connectivity index (χ4v) is 3.35. The molecule has 2 aromatic heterocycles. The van der Waals surface area contributed by atoms with Crippen LogP contribution in [0.2, 0.25) is 0 Å². The molecule has 124 valence electrons. The normalized spacial score (nSPS) is 17.9. The van der Waals surface area contributed by atoms with Gasteiger partial charge in [0.15, 0.2) is 0 Å². The summed E-state index contributed by atoms with van der Waals surface area (Å²) in [5, 5.41) is 0. The highest BCUT2D eigenvalue weighted by molar-refractivity contribution is 5.94. The number of carbonyl (C=O) groups excluding carboxylic acids is 1. The van der Waals surface area contributed by atoms with Crippen LogP contribution in [-0.2, 0) is 0 Å². The first-order valence-corrected chi connectivity index (χ1v) is 8.63. The van der Waals surface area contributed by atoms with Crippen LogP contribution in [-0.4, -0.2) is 47.0 Å². The largest absolute Gasteiger partial charge is 0.353 e. The lowest BCUT2D eigenvalue weighted by atomic mass is 10.1. The lowest BCUT2D eigenvalue weighted by Gasteiger charge is -2.36. The topological polar surface area (TPSA) is 49.3 Å². The van der Waals surface area contributed by atoms with E-state index in [2.05, 4.69) is 22.9 Å². The third-order valence-corrected chi connectivity index (χ3v) is 4.90. The third kappa shape index (κ3) is 2.98. The molecule has 1 aliphatic carbocycles. The van der Waals surface area contributed by atoms with Crippen LogP contribution in [0.5, 0.6) is 0 Å². The molecule has 5 nitrogen and oxygen atoms in total. The molecule has 3 heterocycles. The van der Waals surface area contributed by atoms with E-state index in [4.69, 9.17) is 4.98 Å². The molecule has 4 rings (SSSR count). The number of aromatic nitrogens is 2. The first-order valence-electron chi connectivity index (χ1n) is 8.63. The van der Waals surface area contributed by atoms with Gasteiger partial charge in [-0.1, -0.05) is 6.07 Å². The lowest BCUT2D eigenvalue weighted by Crippen LogP contribution is -2.49. The lowest BCUT2D eigenvalue weighted by molar-refractivity contribution is 0.0746. The van der Waals surface area contributed by atoms with Gasteiger partial charge >= 0.3 is 0 Å². The smallest absolute Gasteiger partial charge is 0.255 e. The molecule has 0 aromatic carbocycles.